The molecule has 0 spiro atoms. The normalized spacial score (nSPS) is 10.8. The van der Waals surface area contributed by atoms with E-state index in [0.29, 0.717) is 12.1 Å². The van der Waals surface area contributed by atoms with Gasteiger partial charge in [0.05, 0.1) is 0 Å². The molecule has 0 bridgehead atoms. The molecule has 0 aliphatic carbocycles. The molecule has 0 amide bonds. The second-order valence-electron chi connectivity index (χ2n) is 3.33. The van der Waals surface area contributed by atoms with E-state index in [9.17, 15) is 5.11 Å². The molecular formula is C13H12N2O. The van der Waals surface area contributed by atoms with Crippen LogP contribution in [0.15, 0.2) is 53.7 Å². The maximum atomic E-state index is 9.48. The van der Waals surface area contributed by atoms with Crippen molar-refractivity contribution in [3.05, 3.63) is 54.4 Å². The highest BCUT2D eigenvalue weighted by atomic mass is 16.3. The van der Waals surface area contributed by atoms with Gasteiger partial charge in [-0.25, -0.2) is 0 Å². The fraction of sp³-hybridized carbons (Fsp3) is 0.0769. The van der Waals surface area contributed by atoms with Crippen LogP contribution in [0.2, 0.25) is 0 Å². The Balaban J connectivity index is 2.03. The zero-order valence-electron chi connectivity index (χ0n) is 8.74. The Morgan fingerprint density at radius 1 is 1.12 bits per heavy atom. The second-order valence-corrected chi connectivity index (χ2v) is 3.33. The lowest BCUT2D eigenvalue weighted by molar-refractivity contribution is 0.477. The third kappa shape index (κ3) is 2.67. The van der Waals surface area contributed by atoms with Gasteiger partial charge < -0.3 is 5.11 Å². The van der Waals surface area contributed by atoms with Gasteiger partial charge in [-0.2, -0.15) is 0 Å². The number of hydrogen-bond acceptors (Lipinski definition) is 3. The fourth-order valence-corrected chi connectivity index (χ4v) is 1.33. The second kappa shape index (κ2) is 5.07. The molecule has 0 fully saturated rings. The number of rotatable bonds is 3. The van der Waals surface area contributed by atoms with Crippen molar-refractivity contribution < 1.29 is 5.11 Å². The SMILES string of the molecule is Oc1ccccc1N=CCc1ccccn1. The summed E-state index contributed by atoms with van der Waals surface area (Å²) in [6.07, 6.45) is 4.16. The van der Waals surface area contributed by atoms with Gasteiger partial charge in [-0.15, -0.1) is 0 Å². The summed E-state index contributed by atoms with van der Waals surface area (Å²) in [4.78, 5) is 8.36. The van der Waals surface area contributed by atoms with E-state index in [1.54, 1.807) is 30.6 Å². The van der Waals surface area contributed by atoms with E-state index in [2.05, 4.69) is 9.98 Å². The lowest BCUT2D eigenvalue weighted by Crippen LogP contribution is -1.88. The number of hydrogen-bond donors (Lipinski definition) is 1. The topological polar surface area (TPSA) is 45.5 Å². The van der Waals surface area contributed by atoms with E-state index < -0.39 is 0 Å². The summed E-state index contributed by atoms with van der Waals surface area (Å²) in [6, 6.07) is 12.8. The smallest absolute Gasteiger partial charge is 0.141 e. The van der Waals surface area contributed by atoms with E-state index >= 15 is 0 Å². The van der Waals surface area contributed by atoms with E-state index in [1.165, 1.54) is 0 Å². The summed E-state index contributed by atoms with van der Waals surface area (Å²) in [7, 11) is 0. The molecule has 1 N–H and O–H groups in total. The zero-order chi connectivity index (χ0) is 11.2. The van der Waals surface area contributed by atoms with Crippen molar-refractivity contribution in [1.29, 1.82) is 0 Å². The van der Waals surface area contributed by atoms with Crippen molar-refractivity contribution in [3.63, 3.8) is 0 Å². The molecule has 0 atom stereocenters. The van der Waals surface area contributed by atoms with Gasteiger partial charge in [0, 0.05) is 24.5 Å². The maximum Gasteiger partial charge on any atom is 0.141 e. The molecule has 3 nitrogen and oxygen atoms in total. The number of phenols is 1. The Morgan fingerprint density at radius 3 is 2.69 bits per heavy atom. The summed E-state index contributed by atoms with van der Waals surface area (Å²) < 4.78 is 0. The molecule has 1 heterocycles. The summed E-state index contributed by atoms with van der Waals surface area (Å²) in [5.74, 6) is 0.194. The Kier molecular flexibility index (Phi) is 3.28. The van der Waals surface area contributed by atoms with Crippen molar-refractivity contribution in [2.45, 2.75) is 6.42 Å². The van der Waals surface area contributed by atoms with Gasteiger partial charge in [0.25, 0.3) is 0 Å². The molecule has 1 aromatic carbocycles. The van der Waals surface area contributed by atoms with Gasteiger partial charge in [-0.3, -0.25) is 9.98 Å². The van der Waals surface area contributed by atoms with Gasteiger partial charge in [0.2, 0.25) is 0 Å². The molecule has 0 unspecified atom stereocenters. The molecule has 0 aliphatic rings. The minimum absolute atomic E-state index is 0.194. The van der Waals surface area contributed by atoms with Crippen LogP contribution < -0.4 is 0 Å². The van der Waals surface area contributed by atoms with Crippen LogP contribution in [0.25, 0.3) is 0 Å². The van der Waals surface area contributed by atoms with Crippen LogP contribution in [0.1, 0.15) is 5.69 Å². The van der Waals surface area contributed by atoms with Crippen molar-refractivity contribution in [2.75, 3.05) is 0 Å². The first-order valence-corrected chi connectivity index (χ1v) is 5.07. The van der Waals surface area contributed by atoms with Gasteiger partial charge in [0.1, 0.15) is 11.4 Å². The summed E-state index contributed by atoms with van der Waals surface area (Å²) in [5, 5.41) is 9.48. The number of phenolic OH excluding ortho intramolecular Hbond substituents is 1. The first-order valence-electron chi connectivity index (χ1n) is 5.07. The Labute approximate surface area is 94.1 Å². The van der Waals surface area contributed by atoms with Crippen LogP contribution in [0, 0.1) is 0 Å². The van der Waals surface area contributed by atoms with Crippen LogP contribution in [0.4, 0.5) is 5.69 Å². The average Bonchev–Trinajstić information content (AvgIpc) is 2.33. The molecule has 0 radical (unpaired) electrons. The van der Waals surface area contributed by atoms with E-state index in [-0.39, 0.29) is 5.75 Å². The van der Waals surface area contributed by atoms with Gasteiger partial charge in [-0.1, -0.05) is 18.2 Å². The van der Waals surface area contributed by atoms with E-state index in [0.717, 1.165) is 5.69 Å². The molecule has 16 heavy (non-hydrogen) atoms. The molecule has 1 aromatic heterocycles. The first kappa shape index (κ1) is 10.4. The molecular weight excluding hydrogens is 200 g/mol. The molecule has 0 saturated carbocycles. The Bertz CT molecular complexity index is 480. The zero-order valence-corrected chi connectivity index (χ0v) is 8.74. The lowest BCUT2D eigenvalue weighted by Gasteiger charge is -1.97. The van der Waals surface area contributed by atoms with Crippen LogP contribution >= 0.6 is 0 Å². The highest BCUT2D eigenvalue weighted by Gasteiger charge is 1.95. The molecule has 2 rings (SSSR count). The van der Waals surface area contributed by atoms with Gasteiger partial charge >= 0.3 is 0 Å². The standard InChI is InChI=1S/C13H12N2O/c16-13-7-2-1-6-12(13)15-10-8-11-5-3-4-9-14-11/h1-7,9-10,16H,8H2. The van der Waals surface area contributed by atoms with Crippen LogP contribution in [-0.4, -0.2) is 16.3 Å². The fourth-order valence-electron chi connectivity index (χ4n) is 1.33. The third-order valence-corrected chi connectivity index (χ3v) is 2.14. The quantitative estimate of drug-likeness (QED) is 0.795. The van der Waals surface area contributed by atoms with Crippen molar-refractivity contribution in [3.8, 4) is 5.75 Å². The van der Waals surface area contributed by atoms with Crippen molar-refractivity contribution in [2.24, 2.45) is 4.99 Å². The minimum Gasteiger partial charge on any atom is -0.506 e. The van der Waals surface area contributed by atoms with Crippen LogP contribution in [-0.2, 0) is 6.42 Å². The van der Waals surface area contributed by atoms with Crippen molar-refractivity contribution in [1.82, 2.24) is 4.98 Å². The number of para-hydroxylation sites is 2. The number of nitrogens with zero attached hydrogens (tertiary/aromatic N) is 2. The first-order chi connectivity index (χ1) is 7.86. The number of aliphatic imine (C=N–C) groups is 1. The Hall–Kier alpha value is -2.16. The van der Waals surface area contributed by atoms with Gasteiger partial charge in [0.15, 0.2) is 0 Å². The van der Waals surface area contributed by atoms with E-state index in [4.69, 9.17) is 0 Å². The summed E-state index contributed by atoms with van der Waals surface area (Å²) in [5.41, 5.74) is 1.54. The highest BCUT2D eigenvalue weighted by Crippen LogP contribution is 2.24. The van der Waals surface area contributed by atoms with E-state index in [1.807, 2.05) is 24.3 Å². The lowest BCUT2D eigenvalue weighted by atomic mass is 10.3. The molecule has 80 valence electrons. The van der Waals surface area contributed by atoms with Crippen LogP contribution in [0.5, 0.6) is 5.75 Å². The van der Waals surface area contributed by atoms with Crippen molar-refractivity contribution >= 4 is 11.9 Å². The van der Waals surface area contributed by atoms with Crippen LogP contribution in [0.3, 0.4) is 0 Å². The predicted octanol–water partition coefficient (Wildman–Crippen LogP) is 2.73. The number of benzene rings is 1. The van der Waals surface area contributed by atoms with Gasteiger partial charge in [-0.05, 0) is 24.3 Å². The molecule has 0 saturated heterocycles. The average molecular weight is 212 g/mol. The third-order valence-electron chi connectivity index (χ3n) is 2.14. The largest absolute Gasteiger partial charge is 0.506 e. The molecule has 2 aromatic rings. The highest BCUT2D eigenvalue weighted by molar-refractivity contribution is 5.67. The molecule has 3 heteroatoms. The monoisotopic (exact) mass is 212 g/mol. The minimum atomic E-state index is 0.194. The number of aromatic nitrogens is 1. The summed E-state index contributed by atoms with van der Waals surface area (Å²) >= 11 is 0. The Morgan fingerprint density at radius 2 is 1.94 bits per heavy atom. The maximum absolute atomic E-state index is 9.48. The predicted molar refractivity (Wildman–Crippen MR) is 64.2 cm³/mol. The number of pyridine rings is 1. The summed E-state index contributed by atoms with van der Waals surface area (Å²) in [6.45, 7) is 0. The number of aromatic hydroxyl groups is 1. The molecule has 0 aliphatic heterocycles.